The number of rotatable bonds is 11. The number of nitrogens with zero attached hydrogens (tertiary/aromatic N) is 2. The molecule has 3 aromatic rings. The molecule has 0 amide bonds. The first-order valence-electron chi connectivity index (χ1n) is 10.8. The number of nitro groups is 1. The lowest BCUT2D eigenvalue weighted by Crippen LogP contribution is -2.20. The van der Waals surface area contributed by atoms with Gasteiger partial charge in [0, 0.05) is 45.0 Å². The van der Waals surface area contributed by atoms with E-state index < -0.39 is 28.7 Å². The molecule has 10 nitrogen and oxygen atoms in total. The number of oxime groups is 1. The number of non-ortho nitro benzene ring substituents is 1. The van der Waals surface area contributed by atoms with Gasteiger partial charge < -0.3 is 14.3 Å². The van der Waals surface area contributed by atoms with Crippen molar-refractivity contribution in [3.05, 3.63) is 52.1 Å². The number of hydrogen-bond acceptors (Lipinski definition) is 10. The van der Waals surface area contributed by atoms with Crippen LogP contribution in [-0.4, -0.2) is 48.2 Å². The van der Waals surface area contributed by atoms with E-state index in [1.165, 1.54) is 30.6 Å². The monoisotopic (exact) mass is 500 g/mol. The number of Topliss-reactive ketones (excluding diaryl/α,β-unsaturated/α-hetero) is 1. The Morgan fingerprint density at radius 2 is 1.71 bits per heavy atom. The van der Waals surface area contributed by atoms with E-state index in [-0.39, 0.29) is 37.3 Å². The molecule has 0 radical (unpaired) electrons. The molecule has 0 aliphatic rings. The Kier molecular flexibility index (Phi) is 8.61. The summed E-state index contributed by atoms with van der Waals surface area (Å²) < 4.78 is 11.7. The van der Waals surface area contributed by atoms with Crippen LogP contribution in [0, 0.1) is 10.1 Å². The van der Waals surface area contributed by atoms with Crippen molar-refractivity contribution in [3.63, 3.8) is 0 Å². The second kappa shape index (κ2) is 11.6. The minimum atomic E-state index is -0.772. The Balaban J connectivity index is 1.71. The molecule has 0 bridgehead atoms. The molecular formula is C24H24N2O8S. The number of hydrogen-bond donors (Lipinski definition) is 0. The van der Waals surface area contributed by atoms with Crippen LogP contribution < -0.4 is 0 Å². The van der Waals surface area contributed by atoms with E-state index in [1.807, 2.05) is 0 Å². The number of fused-ring (bicyclic) bond motifs is 3. The SMILES string of the molecule is CC/C(=N\OC(=O)CCC(=O)OC(C)COC)C(=O)c1ccc2sc3ccc([N+](=O)[O-])cc3c2c1. The Labute approximate surface area is 204 Å². The maximum Gasteiger partial charge on any atom is 0.335 e. The zero-order chi connectivity index (χ0) is 25.5. The topological polar surface area (TPSA) is 134 Å². The van der Waals surface area contributed by atoms with Gasteiger partial charge in [0.2, 0.25) is 5.78 Å². The number of esters is 1. The van der Waals surface area contributed by atoms with Gasteiger partial charge in [-0.3, -0.25) is 19.7 Å². The number of methoxy groups -OCH3 is 1. The number of nitro benzene ring substituents is 1. The number of ketones is 1. The summed E-state index contributed by atoms with van der Waals surface area (Å²) in [6.07, 6.45) is -0.670. The molecule has 2 aromatic carbocycles. The summed E-state index contributed by atoms with van der Waals surface area (Å²) in [5, 5.41) is 16.3. The minimum Gasteiger partial charge on any atom is -0.460 e. The highest BCUT2D eigenvalue weighted by Gasteiger charge is 2.18. The number of thiophene rings is 1. The Morgan fingerprint density at radius 1 is 1.06 bits per heavy atom. The van der Waals surface area contributed by atoms with Crippen LogP contribution in [0.15, 0.2) is 41.6 Å². The number of carbonyl (C=O) groups excluding carboxylic acids is 3. The van der Waals surface area contributed by atoms with Crippen molar-refractivity contribution in [2.24, 2.45) is 5.16 Å². The van der Waals surface area contributed by atoms with Gasteiger partial charge in [0.15, 0.2) is 0 Å². The van der Waals surface area contributed by atoms with Gasteiger partial charge >= 0.3 is 11.9 Å². The van der Waals surface area contributed by atoms with Gasteiger partial charge in [0.05, 0.1) is 24.4 Å². The molecule has 0 aliphatic carbocycles. The molecule has 1 aromatic heterocycles. The molecule has 1 unspecified atom stereocenters. The average Bonchev–Trinajstić information content (AvgIpc) is 3.20. The zero-order valence-electron chi connectivity index (χ0n) is 19.4. The third-order valence-corrected chi connectivity index (χ3v) is 6.20. The highest BCUT2D eigenvalue weighted by atomic mass is 32.1. The van der Waals surface area contributed by atoms with Gasteiger partial charge in [-0.1, -0.05) is 12.1 Å². The van der Waals surface area contributed by atoms with E-state index in [9.17, 15) is 24.5 Å². The molecule has 184 valence electrons. The first-order valence-corrected chi connectivity index (χ1v) is 11.7. The third-order valence-electron chi connectivity index (χ3n) is 5.05. The van der Waals surface area contributed by atoms with Crippen LogP contribution in [0.3, 0.4) is 0 Å². The van der Waals surface area contributed by atoms with E-state index in [4.69, 9.17) is 14.3 Å². The van der Waals surface area contributed by atoms with E-state index >= 15 is 0 Å². The smallest absolute Gasteiger partial charge is 0.335 e. The first kappa shape index (κ1) is 25.9. The fraction of sp³-hybridized carbons (Fsp3) is 0.333. The summed E-state index contributed by atoms with van der Waals surface area (Å²) in [7, 11) is 1.49. The molecule has 0 saturated heterocycles. The van der Waals surface area contributed by atoms with Crippen LogP contribution in [0.5, 0.6) is 0 Å². The minimum absolute atomic E-state index is 0.0273. The Morgan fingerprint density at radius 3 is 2.37 bits per heavy atom. The quantitative estimate of drug-likeness (QED) is 0.0914. The molecule has 0 N–H and O–H groups in total. The van der Waals surface area contributed by atoms with Crippen LogP contribution in [0.25, 0.3) is 20.2 Å². The fourth-order valence-electron chi connectivity index (χ4n) is 3.36. The van der Waals surface area contributed by atoms with E-state index in [0.29, 0.717) is 16.3 Å². The lowest BCUT2D eigenvalue weighted by atomic mass is 10.0. The molecule has 35 heavy (non-hydrogen) atoms. The summed E-state index contributed by atoms with van der Waals surface area (Å²) >= 11 is 1.47. The van der Waals surface area contributed by atoms with Crippen LogP contribution in [-0.2, 0) is 23.9 Å². The summed E-state index contributed by atoms with van der Waals surface area (Å²) in [4.78, 5) is 52.3. The number of carbonyl (C=O) groups is 3. The highest BCUT2D eigenvalue weighted by molar-refractivity contribution is 7.25. The molecule has 0 fully saturated rings. The standard InChI is InChI=1S/C24H24N2O8S/c1-4-19(25-34-23(28)10-9-22(27)33-14(2)13-32-3)24(29)15-5-7-20-17(11-15)18-12-16(26(30)31)6-8-21(18)35-20/h5-8,11-12,14H,4,9-10,13H2,1-3H3/b25-19+. The van der Waals surface area contributed by atoms with Gasteiger partial charge in [-0.15, -0.1) is 11.3 Å². The summed E-state index contributed by atoms with van der Waals surface area (Å²) in [6.45, 7) is 3.61. The summed E-state index contributed by atoms with van der Waals surface area (Å²) in [5.41, 5.74) is 0.310. The molecule has 1 heterocycles. The lowest BCUT2D eigenvalue weighted by Gasteiger charge is -2.11. The zero-order valence-corrected chi connectivity index (χ0v) is 20.3. The van der Waals surface area contributed by atoms with Crippen molar-refractivity contribution in [2.45, 2.75) is 39.2 Å². The van der Waals surface area contributed by atoms with Gasteiger partial charge in [0.25, 0.3) is 5.69 Å². The Hall–Kier alpha value is -3.70. The third kappa shape index (κ3) is 6.46. The number of benzene rings is 2. The largest absolute Gasteiger partial charge is 0.460 e. The molecule has 1 atom stereocenters. The normalized spacial score (nSPS) is 12.5. The van der Waals surface area contributed by atoms with Gasteiger partial charge in [-0.2, -0.15) is 0 Å². The van der Waals surface area contributed by atoms with Gasteiger partial charge in [-0.25, -0.2) is 4.79 Å². The molecule has 0 spiro atoms. The predicted molar refractivity (Wildman–Crippen MR) is 131 cm³/mol. The molecule has 3 rings (SSSR count). The van der Waals surface area contributed by atoms with Crippen molar-refractivity contribution >= 4 is 60.6 Å². The molecule has 11 heteroatoms. The van der Waals surface area contributed by atoms with E-state index in [1.54, 1.807) is 38.1 Å². The maximum atomic E-state index is 13.0. The van der Waals surface area contributed by atoms with E-state index in [2.05, 4.69) is 5.16 Å². The van der Waals surface area contributed by atoms with Gasteiger partial charge in [-0.05, 0) is 37.6 Å². The van der Waals surface area contributed by atoms with Crippen molar-refractivity contribution in [1.82, 2.24) is 0 Å². The second-order valence-corrected chi connectivity index (χ2v) is 8.77. The van der Waals surface area contributed by atoms with E-state index in [0.717, 1.165) is 9.40 Å². The lowest BCUT2D eigenvalue weighted by molar-refractivity contribution is -0.384. The maximum absolute atomic E-state index is 13.0. The van der Waals surface area contributed by atoms with Crippen LogP contribution in [0.1, 0.15) is 43.5 Å². The van der Waals surface area contributed by atoms with Crippen molar-refractivity contribution in [2.75, 3.05) is 13.7 Å². The van der Waals surface area contributed by atoms with Crippen molar-refractivity contribution in [3.8, 4) is 0 Å². The molecule has 0 saturated carbocycles. The number of ether oxygens (including phenoxy) is 2. The van der Waals surface area contributed by atoms with Crippen molar-refractivity contribution in [1.29, 1.82) is 0 Å². The highest BCUT2D eigenvalue weighted by Crippen LogP contribution is 2.36. The van der Waals surface area contributed by atoms with Gasteiger partial charge in [0.1, 0.15) is 11.8 Å². The predicted octanol–water partition coefficient (Wildman–Crippen LogP) is 4.81. The van der Waals surface area contributed by atoms with Crippen LogP contribution in [0.2, 0.25) is 0 Å². The van der Waals surface area contributed by atoms with Crippen molar-refractivity contribution < 1.29 is 33.6 Å². The average molecular weight is 501 g/mol. The van der Waals surface area contributed by atoms with Crippen LogP contribution in [0.4, 0.5) is 5.69 Å². The molecular weight excluding hydrogens is 476 g/mol. The molecule has 0 aliphatic heterocycles. The first-order chi connectivity index (χ1) is 16.7. The second-order valence-electron chi connectivity index (χ2n) is 7.69. The fourth-order valence-corrected chi connectivity index (χ4v) is 4.43. The summed E-state index contributed by atoms with van der Waals surface area (Å²) in [5.74, 6) is -1.77. The Bertz CT molecular complexity index is 1310. The van der Waals surface area contributed by atoms with Crippen LogP contribution >= 0.6 is 11.3 Å². The summed E-state index contributed by atoms with van der Waals surface area (Å²) in [6, 6.07) is 9.68.